The van der Waals surface area contributed by atoms with E-state index in [1.807, 2.05) is 13.8 Å². The molecule has 0 bridgehead atoms. The first-order valence-corrected chi connectivity index (χ1v) is 9.66. The summed E-state index contributed by atoms with van der Waals surface area (Å²) in [7, 11) is -2.32. The fraction of sp³-hybridized carbons (Fsp3) is 0.412. The normalized spacial score (nSPS) is 11.6. The zero-order valence-corrected chi connectivity index (χ0v) is 16.3. The topological polar surface area (TPSA) is 116 Å². The summed E-state index contributed by atoms with van der Waals surface area (Å²) < 4.78 is 38.6. The molecule has 0 amide bonds. The average Bonchev–Trinajstić information content (AvgIpc) is 2.56. The lowest BCUT2D eigenvalue weighted by Crippen LogP contribution is -2.23. The van der Waals surface area contributed by atoms with Crippen LogP contribution in [-0.2, 0) is 10.0 Å². The maximum atomic E-state index is 12.5. The first kappa shape index (κ1) is 19.9. The second-order valence-corrected chi connectivity index (χ2v) is 7.70. The van der Waals surface area contributed by atoms with Crippen LogP contribution in [-0.4, -0.2) is 32.0 Å². The van der Waals surface area contributed by atoms with E-state index in [1.54, 1.807) is 19.9 Å². The summed E-state index contributed by atoms with van der Waals surface area (Å²) >= 11 is 0. The molecule has 3 N–H and O–H groups in total. The van der Waals surface area contributed by atoms with Crippen molar-refractivity contribution < 1.29 is 17.9 Å². The maximum absolute atomic E-state index is 12.5. The van der Waals surface area contributed by atoms with Gasteiger partial charge in [-0.3, -0.25) is 0 Å². The van der Waals surface area contributed by atoms with Gasteiger partial charge in [0, 0.05) is 18.2 Å². The third kappa shape index (κ3) is 4.23. The van der Waals surface area contributed by atoms with Crippen molar-refractivity contribution in [3.05, 3.63) is 29.7 Å². The van der Waals surface area contributed by atoms with Crippen molar-refractivity contribution in [1.29, 1.82) is 0 Å². The lowest BCUT2D eigenvalue weighted by molar-refractivity contribution is 0.397. The van der Waals surface area contributed by atoms with Crippen LogP contribution in [0.5, 0.6) is 17.2 Å². The molecule has 2 rings (SSSR count). The summed E-state index contributed by atoms with van der Waals surface area (Å²) in [6.07, 6.45) is 1.46. The van der Waals surface area contributed by atoms with Gasteiger partial charge in [-0.1, -0.05) is 20.8 Å². The van der Waals surface area contributed by atoms with E-state index >= 15 is 0 Å². The van der Waals surface area contributed by atoms with E-state index in [4.69, 9.17) is 15.2 Å². The SMILES string of the molecule is CCNS(=O)(=O)c1cc(Oc2cnc(C)nc2N)c(C(C)C)cc1OC. The molecule has 0 saturated heterocycles. The number of nitrogens with one attached hydrogen (secondary N) is 1. The predicted molar refractivity (Wildman–Crippen MR) is 99.2 cm³/mol. The standard InChI is InChI=1S/C17H24N4O4S/c1-6-20-26(22,23)16-8-13(12(10(2)3)7-14(16)24-5)25-15-9-19-11(4)21-17(15)18/h7-10,20H,6H2,1-5H3,(H2,18,19,21). The lowest BCUT2D eigenvalue weighted by Gasteiger charge is -2.18. The van der Waals surface area contributed by atoms with Crippen molar-refractivity contribution in [3.8, 4) is 17.2 Å². The van der Waals surface area contributed by atoms with Gasteiger partial charge in [0.25, 0.3) is 0 Å². The third-order valence-corrected chi connectivity index (χ3v) is 5.23. The van der Waals surface area contributed by atoms with Crippen LogP contribution in [0.3, 0.4) is 0 Å². The number of nitrogen functional groups attached to an aromatic ring is 1. The number of rotatable bonds is 7. The van der Waals surface area contributed by atoms with Crippen LogP contribution in [0.2, 0.25) is 0 Å². The van der Waals surface area contributed by atoms with E-state index in [0.717, 1.165) is 5.56 Å². The van der Waals surface area contributed by atoms with Crippen molar-refractivity contribution in [2.45, 2.75) is 38.5 Å². The Kier molecular flexibility index (Phi) is 6.04. The molecule has 0 saturated carbocycles. The van der Waals surface area contributed by atoms with E-state index in [-0.39, 0.29) is 34.7 Å². The van der Waals surface area contributed by atoms with Crippen molar-refractivity contribution in [3.63, 3.8) is 0 Å². The highest BCUT2D eigenvalue weighted by Crippen LogP contribution is 2.38. The van der Waals surface area contributed by atoms with Gasteiger partial charge in [-0.15, -0.1) is 0 Å². The number of sulfonamides is 1. The molecular formula is C17H24N4O4S. The third-order valence-electron chi connectivity index (χ3n) is 3.67. The van der Waals surface area contributed by atoms with Gasteiger partial charge < -0.3 is 15.2 Å². The second kappa shape index (κ2) is 7.88. The van der Waals surface area contributed by atoms with Crippen molar-refractivity contribution in [2.75, 3.05) is 19.4 Å². The van der Waals surface area contributed by atoms with Crippen LogP contribution >= 0.6 is 0 Å². The Bertz CT molecular complexity index is 898. The Morgan fingerprint density at radius 3 is 2.46 bits per heavy atom. The van der Waals surface area contributed by atoms with Crippen molar-refractivity contribution in [2.24, 2.45) is 0 Å². The highest BCUT2D eigenvalue weighted by atomic mass is 32.2. The fourth-order valence-electron chi connectivity index (χ4n) is 2.41. The lowest BCUT2D eigenvalue weighted by atomic mass is 10.0. The summed E-state index contributed by atoms with van der Waals surface area (Å²) in [5.41, 5.74) is 6.67. The molecule has 0 radical (unpaired) electrons. The number of methoxy groups -OCH3 is 1. The summed E-state index contributed by atoms with van der Waals surface area (Å²) in [6.45, 7) is 7.61. The number of nitrogens with two attached hydrogens (primary N) is 1. The molecule has 9 heteroatoms. The number of nitrogens with zero attached hydrogens (tertiary/aromatic N) is 2. The fourth-order valence-corrected chi connectivity index (χ4v) is 3.61. The molecular weight excluding hydrogens is 356 g/mol. The molecule has 1 heterocycles. The molecule has 1 aromatic carbocycles. The van der Waals surface area contributed by atoms with Crippen LogP contribution in [0.15, 0.2) is 23.2 Å². The molecule has 0 aliphatic carbocycles. The van der Waals surface area contributed by atoms with Gasteiger partial charge in [0.15, 0.2) is 11.6 Å². The van der Waals surface area contributed by atoms with E-state index in [1.165, 1.54) is 19.4 Å². The monoisotopic (exact) mass is 380 g/mol. The highest BCUT2D eigenvalue weighted by Gasteiger charge is 2.24. The van der Waals surface area contributed by atoms with Gasteiger partial charge in [-0.05, 0) is 18.9 Å². The number of hydrogen-bond donors (Lipinski definition) is 2. The molecule has 0 aliphatic heterocycles. The number of hydrogen-bond acceptors (Lipinski definition) is 7. The molecule has 0 fully saturated rings. The van der Waals surface area contributed by atoms with Crippen molar-refractivity contribution >= 4 is 15.8 Å². The highest BCUT2D eigenvalue weighted by molar-refractivity contribution is 7.89. The van der Waals surface area contributed by atoms with Gasteiger partial charge in [0.2, 0.25) is 10.0 Å². The van der Waals surface area contributed by atoms with E-state index in [0.29, 0.717) is 11.6 Å². The summed E-state index contributed by atoms with van der Waals surface area (Å²) in [4.78, 5) is 8.13. The van der Waals surface area contributed by atoms with Crippen LogP contribution in [0, 0.1) is 6.92 Å². The molecule has 0 aliphatic rings. The second-order valence-electron chi connectivity index (χ2n) is 5.97. The molecule has 0 spiro atoms. The number of anilines is 1. The smallest absolute Gasteiger partial charge is 0.244 e. The molecule has 26 heavy (non-hydrogen) atoms. The molecule has 2 aromatic rings. The number of aryl methyl sites for hydroxylation is 1. The van der Waals surface area contributed by atoms with E-state index < -0.39 is 10.0 Å². The van der Waals surface area contributed by atoms with Gasteiger partial charge in [-0.2, -0.15) is 0 Å². The minimum Gasteiger partial charge on any atom is -0.495 e. The van der Waals surface area contributed by atoms with Crippen molar-refractivity contribution in [1.82, 2.24) is 14.7 Å². The summed E-state index contributed by atoms with van der Waals surface area (Å²) in [6, 6.07) is 3.10. The molecule has 142 valence electrons. The zero-order chi connectivity index (χ0) is 19.5. The largest absolute Gasteiger partial charge is 0.495 e. The Hall–Kier alpha value is -2.39. The van der Waals surface area contributed by atoms with Crippen LogP contribution in [0.4, 0.5) is 5.82 Å². The van der Waals surface area contributed by atoms with Gasteiger partial charge in [0.1, 0.15) is 22.2 Å². The minimum atomic E-state index is -3.74. The van der Waals surface area contributed by atoms with Crippen LogP contribution in [0.25, 0.3) is 0 Å². The maximum Gasteiger partial charge on any atom is 0.244 e. The Morgan fingerprint density at radius 1 is 1.23 bits per heavy atom. The average molecular weight is 380 g/mol. The Labute approximate surface area is 153 Å². The van der Waals surface area contributed by atoms with Crippen LogP contribution < -0.4 is 19.9 Å². The van der Waals surface area contributed by atoms with Gasteiger partial charge >= 0.3 is 0 Å². The first-order valence-electron chi connectivity index (χ1n) is 8.18. The van der Waals surface area contributed by atoms with Crippen LogP contribution in [0.1, 0.15) is 38.1 Å². The van der Waals surface area contributed by atoms with Gasteiger partial charge in [-0.25, -0.2) is 23.1 Å². The minimum absolute atomic E-state index is 0.00662. The predicted octanol–water partition coefficient (Wildman–Crippen LogP) is 2.59. The Morgan fingerprint density at radius 2 is 1.92 bits per heavy atom. The number of ether oxygens (including phenoxy) is 2. The molecule has 0 atom stereocenters. The van der Waals surface area contributed by atoms with E-state index in [2.05, 4.69) is 14.7 Å². The summed E-state index contributed by atoms with van der Waals surface area (Å²) in [5, 5.41) is 0. The van der Waals surface area contributed by atoms with Gasteiger partial charge in [0.05, 0.1) is 13.3 Å². The molecule has 0 unspecified atom stereocenters. The quantitative estimate of drug-likeness (QED) is 0.758. The Balaban J connectivity index is 2.62. The molecule has 8 nitrogen and oxygen atoms in total. The summed E-state index contributed by atoms with van der Waals surface area (Å²) in [5.74, 6) is 1.62. The van der Waals surface area contributed by atoms with E-state index in [9.17, 15) is 8.42 Å². The number of aromatic nitrogens is 2. The number of benzene rings is 1. The molecule has 1 aromatic heterocycles. The zero-order valence-electron chi connectivity index (χ0n) is 15.5. The first-order chi connectivity index (χ1) is 12.2.